The molecule has 1 saturated heterocycles. The lowest BCUT2D eigenvalue weighted by Crippen LogP contribution is -2.50. The van der Waals surface area contributed by atoms with E-state index in [4.69, 9.17) is 11.6 Å². The third-order valence-corrected chi connectivity index (χ3v) is 2.81. The molecule has 1 aromatic rings. The zero-order chi connectivity index (χ0) is 9.97. The Bertz CT molecular complexity index is 322. The Morgan fingerprint density at radius 3 is 3.00 bits per heavy atom. The Morgan fingerprint density at radius 2 is 2.43 bits per heavy atom. The van der Waals surface area contributed by atoms with Crippen LogP contribution in [-0.2, 0) is 0 Å². The van der Waals surface area contributed by atoms with E-state index >= 15 is 0 Å². The second kappa shape index (κ2) is 3.96. The first kappa shape index (κ1) is 9.46. The third-order valence-electron chi connectivity index (χ3n) is 2.37. The van der Waals surface area contributed by atoms with Crippen molar-refractivity contribution in [1.82, 2.24) is 9.88 Å². The first-order valence-corrected chi connectivity index (χ1v) is 5.10. The first-order valence-electron chi connectivity index (χ1n) is 4.56. The van der Waals surface area contributed by atoms with Crippen LogP contribution in [0.2, 0.25) is 0 Å². The molecule has 2 heterocycles. The second-order valence-electron chi connectivity index (χ2n) is 3.47. The molecule has 1 fully saturated rings. The van der Waals surface area contributed by atoms with Crippen LogP contribution in [0.1, 0.15) is 10.4 Å². The number of halogens is 1. The van der Waals surface area contributed by atoms with Crippen LogP contribution in [0.15, 0.2) is 24.5 Å². The van der Waals surface area contributed by atoms with E-state index in [-0.39, 0.29) is 5.91 Å². The van der Waals surface area contributed by atoms with Gasteiger partial charge in [0.15, 0.2) is 0 Å². The summed E-state index contributed by atoms with van der Waals surface area (Å²) in [6.07, 6.45) is 3.25. The molecule has 0 aliphatic carbocycles. The van der Waals surface area contributed by atoms with Crippen molar-refractivity contribution in [3.63, 3.8) is 0 Å². The Kier molecular flexibility index (Phi) is 2.68. The van der Waals surface area contributed by atoms with Gasteiger partial charge in [0.25, 0.3) is 5.91 Å². The number of aromatic nitrogens is 1. The molecule has 2 rings (SSSR count). The molecule has 0 N–H and O–H groups in total. The molecule has 0 atom stereocenters. The number of pyridine rings is 1. The van der Waals surface area contributed by atoms with Crippen molar-refractivity contribution >= 4 is 17.5 Å². The standard InChI is InChI=1S/C10H11ClN2O/c11-4-8-6-13(7-8)10(14)9-2-1-3-12-5-9/h1-3,5,8H,4,6-7H2. The highest BCUT2D eigenvalue weighted by Gasteiger charge is 2.30. The van der Waals surface area contributed by atoms with Gasteiger partial charge in [0.2, 0.25) is 0 Å². The van der Waals surface area contributed by atoms with Crippen LogP contribution in [0, 0.1) is 5.92 Å². The number of hydrogen-bond acceptors (Lipinski definition) is 2. The monoisotopic (exact) mass is 210 g/mol. The van der Waals surface area contributed by atoms with Crippen LogP contribution in [-0.4, -0.2) is 34.8 Å². The minimum absolute atomic E-state index is 0.0551. The van der Waals surface area contributed by atoms with Crippen molar-refractivity contribution in [2.75, 3.05) is 19.0 Å². The lowest BCUT2D eigenvalue weighted by atomic mass is 10.0. The Labute approximate surface area is 87.7 Å². The summed E-state index contributed by atoms with van der Waals surface area (Å²) in [5.74, 6) is 1.16. The Hall–Kier alpha value is -1.09. The average molecular weight is 211 g/mol. The molecule has 0 saturated carbocycles. The van der Waals surface area contributed by atoms with Gasteiger partial charge in [0.05, 0.1) is 5.56 Å². The van der Waals surface area contributed by atoms with Crippen molar-refractivity contribution in [2.24, 2.45) is 5.92 Å². The summed E-state index contributed by atoms with van der Waals surface area (Å²) in [5.41, 5.74) is 0.653. The zero-order valence-electron chi connectivity index (χ0n) is 7.69. The molecule has 1 amide bonds. The number of rotatable bonds is 2. The number of nitrogens with zero attached hydrogens (tertiary/aromatic N) is 2. The summed E-state index contributed by atoms with van der Waals surface area (Å²) >= 11 is 5.67. The molecule has 3 nitrogen and oxygen atoms in total. The summed E-state index contributed by atoms with van der Waals surface area (Å²) < 4.78 is 0. The largest absolute Gasteiger partial charge is 0.338 e. The van der Waals surface area contributed by atoms with Crippen LogP contribution in [0.5, 0.6) is 0 Å². The van der Waals surface area contributed by atoms with Crippen LogP contribution >= 0.6 is 11.6 Å². The van der Waals surface area contributed by atoms with Gasteiger partial charge >= 0.3 is 0 Å². The molecule has 0 radical (unpaired) electrons. The van der Waals surface area contributed by atoms with E-state index in [2.05, 4.69) is 4.98 Å². The van der Waals surface area contributed by atoms with E-state index in [1.165, 1.54) is 0 Å². The lowest BCUT2D eigenvalue weighted by Gasteiger charge is -2.38. The Balaban J connectivity index is 1.98. The van der Waals surface area contributed by atoms with Crippen LogP contribution in [0.4, 0.5) is 0 Å². The lowest BCUT2D eigenvalue weighted by molar-refractivity contribution is 0.0535. The zero-order valence-corrected chi connectivity index (χ0v) is 8.44. The predicted molar refractivity (Wildman–Crippen MR) is 54.4 cm³/mol. The second-order valence-corrected chi connectivity index (χ2v) is 3.78. The molecular weight excluding hydrogens is 200 g/mol. The maximum absolute atomic E-state index is 11.7. The quantitative estimate of drug-likeness (QED) is 0.692. The number of carbonyl (C=O) groups is 1. The van der Waals surface area contributed by atoms with Crippen LogP contribution in [0.3, 0.4) is 0 Å². The number of carbonyl (C=O) groups excluding carboxylic acids is 1. The molecule has 0 bridgehead atoms. The number of likely N-dealkylation sites (tertiary alicyclic amines) is 1. The van der Waals surface area contributed by atoms with Crippen molar-refractivity contribution < 1.29 is 4.79 Å². The maximum Gasteiger partial charge on any atom is 0.255 e. The fourth-order valence-electron chi connectivity index (χ4n) is 1.51. The van der Waals surface area contributed by atoms with Gasteiger partial charge in [-0.2, -0.15) is 0 Å². The minimum Gasteiger partial charge on any atom is -0.338 e. The highest BCUT2D eigenvalue weighted by molar-refractivity contribution is 6.18. The molecular formula is C10H11ClN2O. The van der Waals surface area contributed by atoms with Gasteiger partial charge in [0.1, 0.15) is 0 Å². The summed E-state index contributed by atoms with van der Waals surface area (Å²) in [5, 5.41) is 0. The van der Waals surface area contributed by atoms with Crippen molar-refractivity contribution in [1.29, 1.82) is 0 Å². The summed E-state index contributed by atoms with van der Waals surface area (Å²) in [7, 11) is 0. The molecule has 14 heavy (non-hydrogen) atoms. The Morgan fingerprint density at radius 1 is 1.64 bits per heavy atom. The normalized spacial score (nSPS) is 16.5. The third kappa shape index (κ3) is 1.73. The predicted octanol–water partition coefficient (Wildman–Crippen LogP) is 1.39. The van der Waals surface area contributed by atoms with E-state index in [9.17, 15) is 4.79 Å². The molecule has 1 aromatic heterocycles. The van der Waals surface area contributed by atoms with Crippen molar-refractivity contribution in [3.05, 3.63) is 30.1 Å². The van der Waals surface area contributed by atoms with E-state index < -0.39 is 0 Å². The fourth-order valence-corrected chi connectivity index (χ4v) is 1.70. The smallest absolute Gasteiger partial charge is 0.255 e. The molecule has 4 heteroatoms. The molecule has 1 aliphatic heterocycles. The van der Waals surface area contributed by atoms with Crippen LogP contribution < -0.4 is 0 Å². The SMILES string of the molecule is O=C(c1cccnc1)N1CC(CCl)C1. The molecule has 0 aromatic carbocycles. The van der Waals surface area contributed by atoms with Gasteiger partial charge in [-0.3, -0.25) is 9.78 Å². The van der Waals surface area contributed by atoms with Gasteiger partial charge in [-0.15, -0.1) is 11.6 Å². The van der Waals surface area contributed by atoms with Gasteiger partial charge in [-0.25, -0.2) is 0 Å². The topological polar surface area (TPSA) is 33.2 Å². The van der Waals surface area contributed by atoms with Gasteiger partial charge in [-0.05, 0) is 12.1 Å². The van der Waals surface area contributed by atoms with E-state index in [1.807, 2.05) is 0 Å². The van der Waals surface area contributed by atoms with Crippen molar-refractivity contribution in [2.45, 2.75) is 0 Å². The van der Waals surface area contributed by atoms with E-state index in [1.54, 1.807) is 29.4 Å². The van der Waals surface area contributed by atoms with E-state index in [0.29, 0.717) is 17.4 Å². The number of hydrogen-bond donors (Lipinski definition) is 0. The van der Waals surface area contributed by atoms with Gasteiger partial charge in [0, 0.05) is 37.3 Å². The average Bonchev–Trinajstić information content (AvgIpc) is 2.17. The molecule has 1 aliphatic rings. The van der Waals surface area contributed by atoms with Crippen molar-refractivity contribution in [3.8, 4) is 0 Å². The van der Waals surface area contributed by atoms with E-state index in [0.717, 1.165) is 13.1 Å². The fraction of sp³-hybridized carbons (Fsp3) is 0.400. The maximum atomic E-state index is 11.7. The first-order chi connectivity index (χ1) is 6.81. The highest BCUT2D eigenvalue weighted by atomic mass is 35.5. The minimum atomic E-state index is 0.0551. The van der Waals surface area contributed by atoms with Crippen LogP contribution in [0.25, 0.3) is 0 Å². The summed E-state index contributed by atoms with van der Waals surface area (Å²) in [6.45, 7) is 1.55. The highest BCUT2D eigenvalue weighted by Crippen LogP contribution is 2.19. The molecule has 74 valence electrons. The van der Waals surface area contributed by atoms with Gasteiger partial charge < -0.3 is 4.90 Å². The molecule has 0 unspecified atom stereocenters. The molecule has 0 spiro atoms. The number of alkyl halides is 1. The number of amides is 1. The summed E-state index contributed by atoms with van der Waals surface area (Å²) in [4.78, 5) is 17.4. The van der Waals surface area contributed by atoms with Gasteiger partial charge in [-0.1, -0.05) is 0 Å². The summed E-state index contributed by atoms with van der Waals surface area (Å²) in [6, 6.07) is 3.55.